The van der Waals surface area contributed by atoms with Crippen molar-refractivity contribution in [3.05, 3.63) is 63.8 Å². The highest BCUT2D eigenvalue weighted by Crippen LogP contribution is 2.31. The molecule has 1 fully saturated rings. The third-order valence-electron chi connectivity index (χ3n) is 5.31. The highest BCUT2D eigenvalue weighted by Gasteiger charge is 2.16. The fraction of sp³-hybridized carbons (Fsp3) is 0.182. The summed E-state index contributed by atoms with van der Waals surface area (Å²) in [5, 5.41) is 4.02. The van der Waals surface area contributed by atoms with Gasteiger partial charge in [0.15, 0.2) is 11.1 Å². The number of nitrogens with one attached hydrogen (secondary N) is 1. The Kier molecular flexibility index (Phi) is 4.38. The number of halogens is 1. The Labute approximate surface area is 171 Å². The summed E-state index contributed by atoms with van der Waals surface area (Å²) in [6.45, 7) is 3.94. The molecule has 1 aliphatic rings. The van der Waals surface area contributed by atoms with Crippen molar-refractivity contribution in [1.29, 1.82) is 0 Å². The summed E-state index contributed by atoms with van der Waals surface area (Å²) >= 11 is 6.18. The normalized spacial score (nSPS) is 14.6. The minimum absolute atomic E-state index is 0.185. The van der Waals surface area contributed by atoms with E-state index in [-0.39, 0.29) is 16.8 Å². The number of anilines is 2. The molecular formula is C22H19ClN4O2. The molecule has 0 saturated carbocycles. The molecule has 0 unspecified atom stereocenters. The Morgan fingerprint density at radius 2 is 1.83 bits per heavy atom. The smallest absolute Gasteiger partial charge is 0.220 e. The standard InChI is InChI=1S/C22H19ClN4O2/c23-16-2-1-3-17-19(16)21(28)20-18(29-17)12-15(22(24)26-20)13-4-6-14(7-5-13)27-10-8-25-9-11-27/h1-7,12,25H,8-11H2,(H2,24,26). The van der Waals surface area contributed by atoms with Crippen LogP contribution in [0.2, 0.25) is 5.02 Å². The van der Waals surface area contributed by atoms with Crippen LogP contribution in [-0.4, -0.2) is 31.2 Å². The molecule has 2 aromatic carbocycles. The van der Waals surface area contributed by atoms with Gasteiger partial charge in [-0.25, -0.2) is 4.98 Å². The van der Waals surface area contributed by atoms with Crippen LogP contribution in [0.3, 0.4) is 0 Å². The van der Waals surface area contributed by atoms with E-state index < -0.39 is 0 Å². The predicted octanol–water partition coefficient (Wildman–Crippen LogP) is 3.65. The zero-order chi connectivity index (χ0) is 20.0. The largest absolute Gasteiger partial charge is 0.454 e. The highest BCUT2D eigenvalue weighted by atomic mass is 35.5. The van der Waals surface area contributed by atoms with Gasteiger partial charge >= 0.3 is 0 Å². The van der Waals surface area contributed by atoms with Gasteiger partial charge in [-0.1, -0.05) is 29.8 Å². The van der Waals surface area contributed by atoms with Gasteiger partial charge in [0, 0.05) is 37.4 Å². The first-order chi connectivity index (χ1) is 14.1. The predicted molar refractivity (Wildman–Crippen MR) is 118 cm³/mol. The number of aromatic nitrogens is 1. The first kappa shape index (κ1) is 18.0. The van der Waals surface area contributed by atoms with Crippen LogP contribution in [0.15, 0.2) is 57.7 Å². The number of hydrogen-bond acceptors (Lipinski definition) is 6. The van der Waals surface area contributed by atoms with Gasteiger partial charge in [-0.3, -0.25) is 4.79 Å². The number of pyridine rings is 1. The lowest BCUT2D eigenvalue weighted by molar-refractivity contribution is 0.589. The van der Waals surface area contributed by atoms with Crippen molar-refractivity contribution in [2.45, 2.75) is 0 Å². The van der Waals surface area contributed by atoms with Crippen LogP contribution in [0.5, 0.6) is 0 Å². The Morgan fingerprint density at radius 3 is 2.59 bits per heavy atom. The summed E-state index contributed by atoms with van der Waals surface area (Å²) in [7, 11) is 0. The number of fused-ring (bicyclic) bond motifs is 2. The summed E-state index contributed by atoms with van der Waals surface area (Å²) in [6.07, 6.45) is 0. The van der Waals surface area contributed by atoms with E-state index in [9.17, 15) is 4.79 Å². The molecule has 0 atom stereocenters. The first-order valence-electron chi connectivity index (χ1n) is 9.49. The maximum Gasteiger partial charge on any atom is 0.220 e. The molecule has 1 saturated heterocycles. The van der Waals surface area contributed by atoms with Gasteiger partial charge in [-0.2, -0.15) is 0 Å². The lowest BCUT2D eigenvalue weighted by atomic mass is 10.0. The van der Waals surface area contributed by atoms with Crippen LogP contribution < -0.4 is 21.4 Å². The molecule has 1 aliphatic heterocycles. The second-order valence-electron chi connectivity index (χ2n) is 7.10. The van der Waals surface area contributed by atoms with E-state index in [0.717, 1.165) is 37.3 Å². The summed E-state index contributed by atoms with van der Waals surface area (Å²) < 4.78 is 5.93. The maximum absolute atomic E-state index is 12.9. The fourth-order valence-corrected chi connectivity index (χ4v) is 4.05. The summed E-state index contributed by atoms with van der Waals surface area (Å²) in [5.74, 6) is 0.283. The number of rotatable bonds is 2. The van der Waals surface area contributed by atoms with E-state index in [1.807, 2.05) is 12.1 Å². The van der Waals surface area contributed by atoms with Crippen molar-refractivity contribution >= 4 is 45.2 Å². The fourth-order valence-electron chi connectivity index (χ4n) is 3.80. The topological polar surface area (TPSA) is 84.4 Å². The molecular weight excluding hydrogens is 388 g/mol. The Hall–Kier alpha value is -3.09. The molecule has 146 valence electrons. The molecule has 6 nitrogen and oxygen atoms in total. The zero-order valence-electron chi connectivity index (χ0n) is 15.6. The average Bonchev–Trinajstić information content (AvgIpc) is 2.75. The first-order valence-corrected chi connectivity index (χ1v) is 9.87. The molecule has 2 aromatic heterocycles. The van der Waals surface area contributed by atoms with Crippen LogP contribution >= 0.6 is 11.6 Å². The van der Waals surface area contributed by atoms with Gasteiger partial charge in [0.2, 0.25) is 5.43 Å². The highest BCUT2D eigenvalue weighted by molar-refractivity contribution is 6.35. The van der Waals surface area contributed by atoms with Gasteiger partial charge in [0.25, 0.3) is 0 Å². The number of hydrogen-bond donors (Lipinski definition) is 2. The van der Waals surface area contributed by atoms with Crippen LogP contribution in [0, 0.1) is 0 Å². The third kappa shape index (κ3) is 3.10. The van der Waals surface area contributed by atoms with Crippen LogP contribution in [0.25, 0.3) is 33.2 Å². The van der Waals surface area contributed by atoms with Crippen molar-refractivity contribution in [2.24, 2.45) is 0 Å². The molecule has 3 N–H and O–H groups in total. The summed E-state index contributed by atoms with van der Waals surface area (Å²) in [6, 6.07) is 15.1. The molecule has 4 aromatic rings. The van der Waals surface area contributed by atoms with E-state index in [2.05, 4.69) is 27.3 Å². The van der Waals surface area contributed by atoms with Crippen molar-refractivity contribution in [3.63, 3.8) is 0 Å². The lowest BCUT2D eigenvalue weighted by Gasteiger charge is -2.29. The second kappa shape index (κ2) is 7.06. The minimum atomic E-state index is -0.279. The Balaban J connectivity index is 1.61. The molecule has 7 heteroatoms. The van der Waals surface area contributed by atoms with E-state index in [1.54, 1.807) is 24.3 Å². The van der Waals surface area contributed by atoms with Gasteiger partial charge in [-0.15, -0.1) is 0 Å². The monoisotopic (exact) mass is 406 g/mol. The quantitative estimate of drug-likeness (QED) is 0.494. The minimum Gasteiger partial charge on any atom is -0.454 e. The molecule has 0 spiro atoms. The van der Waals surface area contributed by atoms with Crippen molar-refractivity contribution in [3.8, 4) is 11.1 Å². The molecule has 0 amide bonds. The van der Waals surface area contributed by atoms with Crippen LogP contribution in [-0.2, 0) is 0 Å². The number of nitrogen functional groups attached to an aromatic ring is 1. The van der Waals surface area contributed by atoms with E-state index in [0.29, 0.717) is 21.6 Å². The molecule has 3 heterocycles. The zero-order valence-corrected chi connectivity index (χ0v) is 16.4. The van der Waals surface area contributed by atoms with Gasteiger partial charge in [0.1, 0.15) is 11.4 Å². The van der Waals surface area contributed by atoms with Gasteiger partial charge < -0.3 is 20.4 Å². The third-order valence-corrected chi connectivity index (χ3v) is 5.63. The van der Waals surface area contributed by atoms with Crippen molar-refractivity contribution in [2.75, 3.05) is 36.8 Å². The maximum atomic E-state index is 12.9. The lowest BCUT2D eigenvalue weighted by Crippen LogP contribution is -2.43. The summed E-state index contributed by atoms with van der Waals surface area (Å²) in [5.41, 5.74) is 9.76. The number of nitrogens with zero attached hydrogens (tertiary/aromatic N) is 2. The van der Waals surface area contributed by atoms with E-state index in [1.165, 1.54) is 5.69 Å². The van der Waals surface area contributed by atoms with Gasteiger partial charge in [-0.05, 0) is 35.9 Å². The van der Waals surface area contributed by atoms with E-state index in [4.69, 9.17) is 21.8 Å². The SMILES string of the molecule is Nc1nc2c(=O)c3c(Cl)cccc3oc2cc1-c1ccc(N2CCNCC2)cc1. The molecule has 29 heavy (non-hydrogen) atoms. The number of piperazine rings is 1. The van der Waals surface area contributed by atoms with Crippen molar-refractivity contribution < 1.29 is 4.42 Å². The number of nitrogens with two attached hydrogens (primary N) is 1. The van der Waals surface area contributed by atoms with Crippen LogP contribution in [0.4, 0.5) is 11.5 Å². The average molecular weight is 407 g/mol. The molecule has 0 radical (unpaired) electrons. The Bertz CT molecular complexity index is 1280. The molecule has 0 aliphatic carbocycles. The van der Waals surface area contributed by atoms with Crippen molar-refractivity contribution in [1.82, 2.24) is 10.3 Å². The van der Waals surface area contributed by atoms with Crippen LogP contribution in [0.1, 0.15) is 0 Å². The van der Waals surface area contributed by atoms with Gasteiger partial charge in [0.05, 0.1) is 10.4 Å². The molecule has 0 bridgehead atoms. The molecule has 5 rings (SSSR count). The number of benzene rings is 2. The Morgan fingerprint density at radius 1 is 1.07 bits per heavy atom. The summed E-state index contributed by atoms with van der Waals surface area (Å²) in [4.78, 5) is 19.5. The van der Waals surface area contributed by atoms with E-state index >= 15 is 0 Å². The second-order valence-corrected chi connectivity index (χ2v) is 7.50.